The number of carbonyl (C=O) groups is 3. The van der Waals surface area contributed by atoms with Crippen LogP contribution in [0.1, 0.15) is 45.4 Å². The molecule has 9 heteroatoms. The minimum Gasteiger partial charge on any atom is -0.468 e. The second kappa shape index (κ2) is 13.6. The summed E-state index contributed by atoms with van der Waals surface area (Å²) in [6, 6.07) is 15.6. The van der Waals surface area contributed by atoms with Gasteiger partial charge >= 0.3 is 12.1 Å². The second-order valence-corrected chi connectivity index (χ2v) is 9.44. The van der Waals surface area contributed by atoms with E-state index in [1.807, 2.05) is 59.3 Å². The number of methoxy groups -OCH3 is 1. The number of amides is 1. The Morgan fingerprint density at radius 1 is 0.941 bits per heavy atom. The number of ether oxygens (including phenoxy) is 2. The number of carbonyl (C=O) groups excluding carboxylic acids is 3. The Hall–Kier alpha value is -3.01. The van der Waals surface area contributed by atoms with Crippen molar-refractivity contribution in [1.29, 1.82) is 0 Å². The van der Waals surface area contributed by atoms with Crippen LogP contribution >= 0.6 is 22.7 Å². The van der Waals surface area contributed by atoms with Crippen molar-refractivity contribution < 1.29 is 23.9 Å². The van der Waals surface area contributed by atoms with Crippen molar-refractivity contribution in [3.8, 4) is 0 Å². The van der Waals surface area contributed by atoms with Gasteiger partial charge in [-0.15, -0.1) is 22.7 Å². The number of rotatable bonds is 13. The van der Waals surface area contributed by atoms with E-state index in [1.54, 1.807) is 6.07 Å². The van der Waals surface area contributed by atoms with Crippen LogP contribution in [0.2, 0.25) is 0 Å². The highest BCUT2D eigenvalue weighted by molar-refractivity contribution is 7.12. The summed E-state index contributed by atoms with van der Waals surface area (Å²) in [5.41, 5.74) is 0.919. The SMILES string of the molecule is COC(=O)[C@H](CCCCNC(=O)OCc1ccccc1)N[C@@H](C(=O)c1cccs1)c1cccs1. The maximum Gasteiger partial charge on any atom is 0.407 e. The van der Waals surface area contributed by atoms with Crippen LogP contribution in [-0.2, 0) is 20.9 Å². The molecule has 2 heterocycles. The van der Waals surface area contributed by atoms with Crippen LogP contribution in [0.3, 0.4) is 0 Å². The molecule has 1 amide bonds. The molecule has 34 heavy (non-hydrogen) atoms. The fourth-order valence-corrected chi connectivity index (χ4v) is 4.83. The molecule has 0 aliphatic carbocycles. The molecule has 3 aromatic rings. The lowest BCUT2D eigenvalue weighted by molar-refractivity contribution is -0.143. The van der Waals surface area contributed by atoms with Gasteiger partial charge in [0.25, 0.3) is 0 Å². The standard InChI is InChI=1S/C25H28N2O5S2/c1-31-24(29)19(11-5-6-14-26-25(30)32-17-18-9-3-2-4-10-18)27-22(20-12-7-15-33-20)23(28)21-13-8-16-34-21/h2-4,7-10,12-13,15-16,19,22,27H,5-6,11,14,17H2,1H3,(H,26,30)/t19-,22+/m0/s1. The van der Waals surface area contributed by atoms with E-state index in [0.717, 1.165) is 10.4 Å². The van der Waals surface area contributed by atoms with Gasteiger partial charge in [0.15, 0.2) is 5.78 Å². The zero-order chi connectivity index (χ0) is 24.2. The Labute approximate surface area is 207 Å². The molecule has 0 bridgehead atoms. The third kappa shape index (κ3) is 7.79. The zero-order valence-electron chi connectivity index (χ0n) is 18.9. The van der Waals surface area contributed by atoms with Crippen molar-refractivity contribution in [2.24, 2.45) is 0 Å². The maximum absolute atomic E-state index is 13.1. The molecule has 0 saturated carbocycles. The van der Waals surface area contributed by atoms with E-state index < -0.39 is 24.1 Å². The molecule has 0 aliphatic rings. The molecule has 0 radical (unpaired) electrons. The van der Waals surface area contributed by atoms with Crippen LogP contribution in [0.4, 0.5) is 4.79 Å². The summed E-state index contributed by atoms with van der Waals surface area (Å²) in [6.07, 6.45) is 1.28. The van der Waals surface area contributed by atoms with Gasteiger partial charge in [-0.2, -0.15) is 0 Å². The highest BCUT2D eigenvalue weighted by atomic mass is 32.1. The lowest BCUT2D eigenvalue weighted by Crippen LogP contribution is -2.42. The smallest absolute Gasteiger partial charge is 0.407 e. The van der Waals surface area contributed by atoms with Crippen LogP contribution in [0.15, 0.2) is 65.4 Å². The zero-order valence-corrected chi connectivity index (χ0v) is 20.5. The quantitative estimate of drug-likeness (QED) is 0.196. The third-order valence-electron chi connectivity index (χ3n) is 5.11. The average molecular weight is 501 g/mol. The molecule has 0 saturated heterocycles. The number of hydrogen-bond donors (Lipinski definition) is 2. The minimum absolute atomic E-state index is 0.0748. The van der Waals surface area contributed by atoms with E-state index in [-0.39, 0.29) is 12.4 Å². The molecule has 7 nitrogen and oxygen atoms in total. The predicted octanol–water partition coefficient (Wildman–Crippen LogP) is 4.96. The molecule has 0 unspecified atom stereocenters. The first-order chi connectivity index (χ1) is 16.6. The van der Waals surface area contributed by atoms with Gasteiger partial charge in [0.05, 0.1) is 12.0 Å². The Bertz CT molecular complexity index is 1020. The topological polar surface area (TPSA) is 93.7 Å². The monoisotopic (exact) mass is 500 g/mol. The number of Topliss-reactive ketones (excluding diaryl/α,β-unsaturated/α-hetero) is 1. The molecule has 2 N–H and O–H groups in total. The number of esters is 1. The lowest BCUT2D eigenvalue weighted by atomic mass is 10.0. The molecule has 1 aromatic carbocycles. The van der Waals surface area contributed by atoms with E-state index in [0.29, 0.717) is 30.7 Å². The molecule has 2 aromatic heterocycles. The van der Waals surface area contributed by atoms with E-state index in [9.17, 15) is 14.4 Å². The Kier molecular flexibility index (Phi) is 10.3. The summed E-state index contributed by atoms with van der Waals surface area (Å²) in [4.78, 5) is 38.9. The highest BCUT2D eigenvalue weighted by Gasteiger charge is 2.29. The van der Waals surface area contributed by atoms with Gasteiger partial charge in [0.2, 0.25) is 0 Å². The predicted molar refractivity (Wildman–Crippen MR) is 133 cm³/mol. The summed E-state index contributed by atoms with van der Waals surface area (Å²) in [6.45, 7) is 0.632. The molecule has 0 aliphatic heterocycles. The first kappa shape index (κ1) is 25.6. The first-order valence-electron chi connectivity index (χ1n) is 11.0. The number of nitrogens with one attached hydrogen (secondary N) is 2. The van der Waals surface area contributed by atoms with Crippen LogP contribution in [0, 0.1) is 0 Å². The molecule has 2 atom stereocenters. The van der Waals surface area contributed by atoms with Crippen LogP contribution in [0.5, 0.6) is 0 Å². The van der Waals surface area contributed by atoms with E-state index >= 15 is 0 Å². The number of alkyl carbamates (subject to hydrolysis) is 1. The van der Waals surface area contributed by atoms with E-state index in [2.05, 4.69) is 10.6 Å². The Balaban J connectivity index is 1.48. The normalized spacial score (nSPS) is 12.5. The summed E-state index contributed by atoms with van der Waals surface area (Å²) in [5, 5.41) is 9.70. The van der Waals surface area contributed by atoms with Gasteiger partial charge in [-0.05, 0) is 47.7 Å². The number of unbranched alkanes of at least 4 members (excludes halogenated alkanes) is 1. The number of ketones is 1. The van der Waals surface area contributed by atoms with Crippen molar-refractivity contribution in [2.45, 2.75) is 38.0 Å². The average Bonchev–Trinajstić information content (AvgIpc) is 3.59. The second-order valence-electron chi connectivity index (χ2n) is 7.52. The number of hydrogen-bond acceptors (Lipinski definition) is 8. The van der Waals surface area contributed by atoms with E-state index in [1.165, 1.54) is 29.8 Å². The molecule has 0 fully saturated rings. The van der Waals surface area contributed by atoms with Gasteiger partial charge in [-0.3, -0.25) is 14.9 Å². The largest absolute Gasteiger partial charge is 0.468 e. The van der Waals surface area contributed by atoms with Gasteiger partial charge in [0, 0.05) is 11.4 Å². The third-order valence-corrected chi connectivity index (χ3v) is 6.93. The van der Waals surface area contributed by atoms with Crippen molar-refractivity contribution >= 4 is 40.5 Å². The fourth-order valence-electron chi connectivity index (χ4n) is 3.35. The van der Waals surface area contributed by atoms with Gasteiger partial charge in [-0.1, -0.05) is 42.5 Å². The fraction of sp³-hybridized carbons (Fsp3) is 0.320. The van der Waals surface area contributed by atoms with Crippen molar-refractivity contribution in [1.82, 2.24) is 10.6 Å². The molecular formula is C25H28N2O5S2. The van der Waals surface area contributed by atoms with Crippen LogP contribution in [-0.4, -0.2) is 37.5 Å². The summed E-state index contributed by atoms with van der Waals surface area (Å²) in [7, 11) is 1.34. The first-order valence-corrected chi connectivity index (χ1v) is 12.7. The van der Waals surface area contributed by atoms with Crippen molar-refractivity contribution in [3.05, 3.63) is 80.7 Å². The minimum atomic E-state index is -0.647. The Morgan fingerprint density at radius 2 is 1.71 bits per heavy atom. The van der Waals surface area contributed by atoms with E-state index in [4.69, 9.17) is 9.47 Å². The molecule has 180 valence electrons. The molecule has 3 rings (SSSR count). The van der Waals surface area contributed by atoms with Crippen molar-refractivity contribution in [3.63, 3.8) is 0 Å². The van der Waals surface area contributed by atoms with Gasteiger partial charge in [0.1, 0.15) is 18.7 Å². The van der Waals surface area contributed by atoms with Crippen LogP contribution in [0.25, 0.3) is 0 Å². The molecular weight excluding hydrogens is 472 g/mol. The summed E-state index contributed by atoms with van der Waals surface area (Å²) >= 11 is 2.84. The van der Waals surface area contributed by atoms with Gasteiger partial charge < -0.3 is 14.8 Å². The summed E-state index contributed by atoms with van der Waals surface area (Å²) in [5.74, 6) is -0.495. The van der Waals surface area contributed by atoms with Gasteiger partial charge in [-0.25, -0.2) is 4.79 Å². The summed E-state index contributed by atoms with van der Waals surface area (Å²) < 4.78 is 10.2. The van der Waals surface area contributed by atoms with Crippen LogP contribution < -0.4 is 10.6 Å². The number of thiophene rings is 2. The highest BCUT2D eigenvalue weighted by Crippen LogP contribution is 2.26. The Morgan fingerprint density at radius 3 is 2.38 bits per heavy atom. The molecule has 0 spiro atoms. The van der Waals surface area contributed by atoms with Crippen molar-refractivity contribution in [2.75, 3.05) is 13.7 Å². The number of benzene rings is 1. The maximum atomic E-state index is 13.1. The lowest BCUT2D eigenvalue weighted by Gasteiger charge is -2.22.